The fraction of sp³-hybridized carbons (Fsp3) is 1.00. The van der Waals surface area contributed by atoms with Crippen LogP contribution in [-0.2, 0) is 0 Å². The highest BCUT2D eigenvalue weighted by Crippen LogP contribution is 2.52. The first kappa shape index (κ1) is 12.4. The third-order valence-corrected chi connectivity index (χ3v) is 5.13. The van der Waals surface area contributed by atoms with Crippen LogP contribution in [0.5, 0.6) is 0 Å². The Kier molecular flexibility index (Phi) is 2.87. The molecule has 0 aromatic carbocycles. The van der Waals surface area contributed by atoms with Crippen LogP contribution in [-0.4, -0.2) is 48.1 Å². The second-order valence-electron chi connectivity index (χ2n) is 7.12. The van der Waals surface area contributed by atoms with E-state index >= 15 is 0 Å². The molecule has 0 atom stereocenters. The molecule has 2 aliphatic rings. The summed E-state index contributed by atoms with van der Waals surface area (Å²) < 4.78 is 0. The molecule has 2 nitrogen and oxygen atoms in total. The molecule has 0 radical (unpaired) electrons. The Morgan fingerprint density at radius 2 is 0.938 bits per heavy atom. The summed E-state index contributed by atoms with van der Waals surface area (Å²) in [5, 5.41) is 0. The van der Waals surface area contributed by atoms with Gasteiger partial charge in [0.1, 0.15) is 0 Å². The predicted octanol–water partition coefficient (Wildman–Crippen LogP) is 2.45. The topological polar surface area (TPSA) is 6.48 Å². The van der Waals surface area contributed by atoms with E-state index in [1.165, 1.54) is 26.2 Å². The van der Waals surface area contributed by atoms with Gasteiger partial charge in [0.25, 0.3) is 0 Å². The molecule has 2 heterocycles. The summed E-state index contributed by atoms with van der Waals surface area (Å²) in [5.41, 5.74) is 1.00. The highest BCUT2D eigenvalue weighted by Gasteiger charge is 2.57. The van der Waals surface area contributed by atoms with Crippen LogP contribution in [0.15, 0.2) is 0 Å². The van der Waals surface area contributed by atoms with Crippen LogP contribution >= 0.6 is 0 Å². The van der Waals surface area contributed by atoms with Crippen LogP contribution in [0.2, 0.25) is 0 Å². The molecule has 2 rings (SSSR count). The molecule has 0 aliphatic carbocycles. The van der Waals surface area contributed by atoms with E-state index in [0.29, 0.717) is 22.9 Å². The quantitative estimate of drug-likeness (QED) is 0.711. The Balaban J connectivity index is 2.15. The Morgan fingerprint density at radius 1 is 0.688 bits per heavy atom. The summed E-state index contributed by atoms with van der Waals surface area (Å²) in [5.74, 6) is 0. The molecule has 0 amide bonds. The van der Waals surface area contributed by atoms with Gasteiger partial charge < -0.3 is 0 Å². The lowest BCUT2D eigenvalue weighted by molar-refractivity contribution is 0.179. The first-order chi connectivity index (χ1) is 7.27. The fourth-order valence-electron chi connectivity index (χ4n) is 3.50. The van der Waals surface area contributed by atoms with Crippen molar-refractivity contribution in [2.75, 3.05) is 26.2 Å². The van der Waals surface area contributed by atoms with E-state index in [-0.39, 0.29) is 0 Å². The Hall–Kier alpha value is -0.0800. The third-order valence-electron chi connectivity index (χ3n) is 5.13. The van der Waals surface area contributed by atoms with Gasteiger partial charge in [0.05, 0.1) is 0 Å². The van der Waals surface area contributed by atoms with Gasteiger partial charge in [0.15, 0.2) is 0 Å². The lowest BCUT2D eigenvalue weighted by atomic mass is 9.71. The second kappa shape index (κ2) is 3.71. The molecule has 0 bridgehead atoms. The van der Waals surface area contributed by atoms with Crippen molar-refractivity contribution in [2.45, 2.75) is 53.6 Å². The zero-order chi connectivity index (χ0) is 12.1. The van der Waals surface area contributed by atoms with E-state index in [1.54, 1.807) is 0 Å². The van der Waals surface area contributed by atoms with Gasteiger partial charge in [-0.25, -0.2) is 0 Å². The molecule has 94 valence electrons. The van der Waals surface area contributed by atoms with Crippen molar-refractivity contribution in [1.29, 1.82) is 0 Å². The summed E-state index contributed by atoms with van der Waals surface area (Å²) in [6, 6.07) is 1.40. The second-order valence-corrected chi connectivity index (χ2v) is 7.12. The molecule has 16 heavy (non-hydrogen) atoms. The summed E-state index contributed by atoms with van der Waals surface area (Å²) in [6.07, 6.45) is 0. The van der Waals surface area contributed by atoms with E-state index in [0.717, 1.165) is 0 Å². The molecule has 2 aliphatic heterocycles. The molecule has 0 spiro atoms. The average molecular weight is 224 g/mol. The van der Waals surface area contributed by atoms with Crippen molar-refractivity contribution < 1.29 is 0 Å². The molecule has 0 saturated carbocycles. The first-order valence-corrected chi connectivity index (χ1v) is 6.75. The van der Waals surface area contributed by atoms with Gasteiger partial charge in [0, 0.05) is 49.1 Å². The van der Waals surface area contributed by atoms with Gasteiger partial charge in [-0.1, -0.05) is 13.8 Å². The third kappa shape index (κ3) is 1.70. The zero-order valence-electron chi connectivity index (χ0n) is 11.9. The smallest absolute Gasteiger partial charge is 0.00567 e. The van der Waals surface area contributed by atoms with Gasteiger partial charge in [0.2, 0.25) is 0 Å². The highest BCUT2D eigenvalue weighted by molar-refractivity contribution is 5.10. The molecule has 0 aromatic heterocycles. The highest BCUT2D eigenvalue weighted by atomic mass is 15.3. The van der Waals surface area contributed by atoms with Gasteiger partial charge in [-0.3, -0.25) is 9.80 Å². The Morgan fingerprint density at radius 3 is 1.12 bits per heavy atom. The van der Waals surface area contributed by atoms with E-state index in [1.807, 2.05) is 0 Å². The normalized spacial score (nSPS) is 41.2. The molecule has 2 heteroatoms. The first-order valence-electron chi connectivity index (χ1n) is 6.75. The van der Waals surface area contributed by atoms with Crippen LogP contribution in [0.25, 0.3) is 0 Å². The predicted molar refractivity (Wildman–Crippen MR) is 69.6 cm³/mol. The van der Waals surface area contributed by atoms with Crippen molar-refractivity contribution in [3.63, 3.8) is 0 Å². The number of fused-ring (bicyclic) bond motifs is 1. The largest absolute Gasteiger partial charge is 0.300 e. The van der Waals surface area contributed by atoms with Crippen molar-refractivity contribution in [1.82, 2.24) is 9.80 Å². The lowest BCUT2D eigenvalue weighted by Crippen LogP contribution is -2.38. The molecule has 2 fully saturated rings. The van der Waals surface area contributed by atoms with Crippen LogP contribution in [0.4, 0.5) is 0 Å². The maximum absolute atomic E-state index is 2.66. The van der Waals surface area contributed by atoms with Gasteiger partial charge in [-0.2, -0.15) is 0 Å². The van der Waals surface area contributed by atoms with E-state index < -0.39 is 0 Å². The molecular weight excluding hydrogens is 196 g/mol. The molecule has 0 aromatic rings. The van der Waals surface area contributed by atoms with Crippen LogP contribution < -0.4 is 0 Å². The van der Waals surface area contributed by atoms with E-state index in [2.05, 4.69) is 51.3 Å². The number of nitrogens with zero attached hydrogens (tertiary/aromatic N) is 2. The summed E-state index contributed by atoms with van der Waals surface area (Å²) >= 11 is 0. The maximum atomic E-state index is 2.66. The monoisotopic (exact) mass is 224 g/mol. The Labute approximate surface area is 101 Å². The SMILES string of the molecule is CC(C)N1CC2(C)CN(C(C)C)CC2(C)C1. The summed E-state index contributed by atoms with van der Waals surface area (Å²) in [7, 11) is 0. The number of rotatable bonds is 2. The number of likely N-dealkylation sites (tertiary alicyclic amines) is 2. The molecular formula is C14H28N2. The maximum Gasteiger partial charge on any atom is 0.00567 e. The van der Waals surface area contributed by atoms with Crippen molar-refractivity contribution in [3.05, 3.63) is 0 Å². The Bertz CT molecular complexity index is 230. The lowest BCUT2D eigenvalue weighted by Gasteiger charge is -2.31. The van der Waals surface area contributed by atoms with Crippen molar-refractivity contribution in [2.24, 2.45) is 10.8 Å². The number of hydrogen-bond donors (Lipinski definition) is 0. The average Bonchev–Trinajstić information content (AvgIpc) is 2.50. The van der Waals surface area contributed by atoms with E-state index in [4.69, 9.17) is 0 Å². The molecule has 2 saturated heterocycles. The zero-order valence-corrected chi connectivity index (χ0v) is 11.9. The van der Waals surface area contributed by atoms with Gasteiger partial charge in [-0.05, 0) is 27.7 Å². The minimum absolute atomic E-state index is 0.502. The minimum atomic E-state index is 0.502. The standard InChI is InChI=1S/C14H28N2/c1-11(2)15-7-13(5)9-16(12(3)4)10-14(13,6)8-15/h11-12H,7-10H2,1-6H3. The van der Waals surface area contributed by atoms with Crippen molar-refractivity contribution in [3.8, 4) is 0 Å². The van der Waals surface area contributed by atoms with Crippen LogP contribution in [0, 0.1) is 10.8 Å². The van der Waals surface area contributed by atoms with Crippen LogP contribution in [0.3, 0.4) is 0 Å². The van der Waals surface area contributed by atoms with Gasteiger partial charge in [-0.15, -0.1) is 0 Å². The summed E-state index contributed by atoms with van der Waals surface area (Å²) in [6.45, 7) is 19.4. The van der Waals surface area contributed by atoms with E-state index in [9.17, 15) is 0 Å². The molecule has 0 N–H and O–H groups in total. The minimum Gasteiger partial charge on any atom is -0.300 e. The number of hydrogen-bond acceptors (Lipinski definition) is 2. The van der Waals surface area contributed by atoms with Crippen molar-refractivity contribution >= 4 is 0 Å². The van der Waals surface area contributed by atoms with Gasteiger partial charge >= 0.3 is 0 Å². The van der Waals surface area contributed by atoms with Crippen LogP contribution in [0.1, 0.15) is 41.5 Å². The molecule has 0 unspecified atom stereocenters. The fourth-order valence-corrected chi connectivity index (χ4v) is 3.50. The summed E-state index contributed by atoms with van der Waals surface area (Å²) in [4.78, 5) is 5.33.